The van der Waals surface area contributed by atoms with Crippen molar-refractivity contribution in [2.75, 3.05) is 18.6 Å². The van der Waals surface area contributed by atoms with Crippen molar-refractivity contribution in [2.45, 2.75) is 6.54 Å². The minimum Gasteiger partial charge on any atom is -0.337 e. The largest absolute Gasteiger partial charge is 0.337 e. The Morgan fingerprint density at radius 3 is 2.61 bits per heavy atom. The molecule has 1 aromatic heterocycles. The first-order valence-corrected chi connectivity index (χ1v) is 9.19. The highest BCUT2D eigenvalue weighted by Crippen LogP contribution is 2.18. The maximum absolute atomic E-state index is 11.6. The summed E-state index contributed by atoms with van der Waals surface area (Å²) in [4.78, 5) is 15.7. The number of nitrogens with zero attached hydrogens (tertiary/aromatic N) is 1. The molecule has 2 aromatic rings. The Balaban J connectivity index is 1.88. The maximum atomic E-state index is 11.6. The van der Waals surface area contributed by atoms with Gasteiger partial charge in [-0.1, -0.05) is 24.3 Å². The molecule has 1 aromatic carbocycles. The van der Waals surface area contributed by atoms with Gasteiger partial charge in [-0.2, -0.15) is 0 Å². The van der Waals surface area contributed by atoms with Gasteiger partial charge in [0.25, 0.3) is 0 Å². The van der Waals surface area contributed by atoms with Crippen molar-refractivity contribution in [3.05, 3.63) is 54.4 Å². The lowest BCUT2D eigenvalue weighted by Gasteiger charge is -2.08. The molecule has 0 saturated heterocycles. The highest BCUT2D eigenvalue weighted by Gasteiger charge is 2.05. The molecule has 23 heavy (non-hydrogen) atoms. The number of benzene rings is 1. The monoisotopic (exact) mass is 333 g/mol. The number of urea groups is 1. The summed E-state index contributed by atoms with van der Waals surface area (Å²) in [7, 11) is -3.07. The van der Waals surface area contributed by atoms with Crippen molar-refractivity contribution in [3.8, 4) is 11.1 Å². The Hall–Kier alpha value is -2.41. The van der Waals surface area contributed by atoms with Crippen LogP contribution in [0.1, 0.15) is 5.56 Å². The second-order valence-corrected chi connectivity index (χ2v) is 7.44. The van der Waals surface area contributed by atoms with Crippen LogP contribution >= 0.6 is 0 Å². The lowest BCUT2D eigenvalue weighted by Crippen LogP contribution is -2.37. The third-order valence-electron chi connectivity index (χ3n) is 3.13. The fourth-order valence-corrected chi connectivity index (χ4v) is 2.46. The van der Waals surface area contributed by atoms with E-state index in [0.717, 1.165) is 22.9 Å². The molecule has 0 aliphatic rings. The van der Waals surface area contributed by atoms with E-state index in [-0.39, 0.29) is 18.3 Å². The van der Waals surface area contributed by atoms with Crippen LogP contribution in [0.4, 0.5) is 4.79 Å². The Morgan fingerprint density at radius 1 is 1.13 bits per heavy atom. The highest BCUT2D eigenvalue weighted by atomic mass is 32.2. The fraction of sp³-hybridized carbons (Fsp3) is 0.250. The van der Waals surface area contributed by atoms with Crippen LogP contribution in [0, 0.1) is 0 Å². The molecular formula is C16H19N3O3S. The number of aromatic nitrogens is 1. The van der Waals surface area contributed by atoms with Crippen LogP contribution in [0.2, 0.25) is 0 Å². The second-order valence-electron chi connectivity index (χ2n) is 5.18. The minimum atomic E-state index is -3.07. The molecule has 0 aliphatic heterocycles. The van der Waals surface area contributed by atoms with Gasteiger partial charge in [-0.25, -0.2) is 13.2 Å². The number of carbonyl (C=O) groups excluding carboxylic acids is 1. The second kappa shape index (κ2) is 7.73. The van der Waals surface area contributed by atoms with Gasteiger partial charge in [0, 0.05) is 31.7 Å². The zero-order valence-electron chi connectivity index (χ0n) is 12.8. The third kappa shape index (κ3) is 6.07. The van der Waals surface area contributed by atoms with Crippen LogP contribution in [-0.2, 0) is 16.4 Å². The number of rotatable bonds is 6. The van der Waals surface area contributed by atoms with Gasteiger partial charge in [0.15, 0.2) is 0 Å². The molecule has 0 radical (unpaired) electrons. The first kappa shape index (κ1) is 17.0. The van der Waals surface area contributed by atoms with Gasteiger partial charge >= 0.3 is 6.03 Å². The molecule has 0 spiro atoms. The summed E-state index contributed by atoms with van der Waals surface area (Å²) < 4.78 is 22.0. The Kier molecular flexibility index (Phi) is 5.70. The minimum absolute atomic E-state index is 0.0725. The Morgan fingerprint density at radius 2 is 1.91 bits per heavy atom. The van der Waals surface area contributed by atoms with Crippen LogP contribution in [0.15, 0.2) is 48.8 Å². The highest BCUT2D eigenvalue weighted by molar-refractivity contribution is 7.90. The third-order valence-corrected chi connectivity index (χ3v) is 4.08. The van der Waals surface area contributed by atoms with Crippen molar-refractivity contribution in [3.63, 3.8) is 0 Å². The van der Waals surface area contributed by atoms with Crippen LogP contribution in [-0.4, -0.2) is 38.0 Å². The topological polar surface area (TPSA) is 88.2 Å². The van der Waals surface area contributed by atoms with Gasteiger partial charge in [-0.05, 0) is 28.8 Å². The van der Waals surface area contributed by atoms with Crippen molar-refractivity contribution in [1.29, 1.82) is 0 Å². The van der Waals surface area contributed by atoms with Gasteiger partial charge < -0.3 is 10.6 Å². The summed E-state index contributed by atoms with van der Waals surface area (Å²) in [5.41, 5.74) is 2.98. The number of carbonyl (C=O) groups is 1. The first-order chi connectivity index (χ1) is 10.9. The van der Waals surface area contributed by atoms with Crippen LogP contribution < -0.4 is 10.6 Å². The number of nitrogens with one attached hydrogen (secondary N) is 2. The quantitative estimate of drug-likeness (QED) is 0.840. The predicted octanol–water partition coefficient (Wildman–Crippen LogP) is 1.59. The fourth-order valence-electron chi connectivity index (χ4n) is 1.99. The lowest BCUT2D eigenvalue weighted by molar-refractivity contribution is 0.241. The molecule has 0 atom stereocenters. The SMILES string of the molecule is CS(=O)(=O)CCNC(=O)NCc1cccc(-c2cccnc2)c1. The number of sulfone groups is 1. The van der Waals surface area contributed by atoms with E-state index in [1.165, 1.54) is 0 Å². The average Bonchev–Trinajstić information content (AvgIpc) is 2.53. The molecule has 122 valence electrons. The van der Waals surface area contributed by atoms with Gasteiger partial charge in [0.05, 0.1) is 5.75 Å². The number of hydrogen-bond donors (Lipinski definition) is 2. The van der Waals surface area contributed by atoms with Crippen LogP contribution in [0.5, 0.6) is 0 Å². The van der Waals surface area contributed by atoms with Gasteiger partial charge in [-0.15, -0.1) is 0 Å². The smallest absolute Gasteiger partial charge is 0.315 e. The van der Waals surface area contributed by atoms with Crippen molar-refractivity contribution in [2.24, 2.45) is 0 Å². The van der Waals surface area contributed by atoms with Crippen molar-refractivity contribution in [1.82, 2.24) is 15.6 Å². The van der Waals surface area contributed by atoms with E-state index in [2.05, 4.69) is 15.6 Å². The normalized spacial score (nSPS) is 11.0. The van der Waals surface area contributed by atoms with E-state index >= 15 is 0 Å². The molecule has 1 heterocycles. The van der Waals surface area contributed by atoms with E-state index in [0.29, 0.717) is 6.54 Å². The molecule has 6 nitrogen and oxygen atoms in total. The Bertz CT molecular complexity index is 761. The van der Waals surface area contributed by atoms with E-state index in [4.69, 9.17) is 0 Å². The summed E-state index contributed by atoms with van der Waals surface area (Å²) in [6.45, 7) is 0.458. The summed E-state index contributed by atoms with van der Waals surface area (Å²) in [6, 6.07) is 11.2. The predicted molar refractivity (Wildman–Crippen MR) is 89.6 cm³/mol. The molecule has 2 rings (SSSR count). The van der Waals surface area contributed by atoms with Crippen LogP contribution in [0.3, 0.4) is 0 Å². The summed E-state index contributed by atoms with van der Waals surface area (Å²) in [6.07, 6.45) is 4.64. The molecule has 2 amide bonds. The average molecular weight is 333 g/mol. The standard InChI is InChI=1S/C16H19N3O3S/c1-23(21,22)9-8-18-16(20)19-11-13-4-2-5-14(10-13)15-6-3-7-17-12-15/h2-7,10,12H,8-9,11H2,1H3,(H2,18,19,20). The van der Waals surface area contributed by atoms with E-state index in [1.807, 2.05) is 36.4 Å². The van der Waals surface area contributed by atoms with Gasteiger partial charge in [0.2, 0.25) is 0 Å². The van der Waals surface area contributed by atoms with Gasteiger partial charge in [-0.3, -0.25) is 4.98 Å². The summed E-state index contributed by atoms with van der Waals surface area (Å²) in [5, 5.41) is 5.22. The molecule has 0 bridgehead atoms. The zero-order chi connectivity index (χ0) is 16.7. The number of amides is 2. The van der Waals surface area contributed by atoms with Crippen LogP contribution in [0.25, 0.3) is 11.1 Å². The van der Waals surface area contributed by atoms with E-state index in [9.17, 15) is 13.2 Å². The molecule has 7 heteroatoms. The van der Waals surface area contributed by atoms with Crippen molar-refractivity contribution >= 4 is 15.9 Å². The summed E-state index contributed by atoms with van der Waals surface area (Å²) in [5.74, 6) is -0.0725. The maximum Gasteiger partial charge on any atom is 0.315 e. The molecular weight excluding hydrogens is 314 g/mol. The van der Waals surface area contributed by atoms with E-state index in [1.54, 1.807) is 12.4 Å². The van der Waals surface area contributed by atoms with E-state index < -0.39 is 9.84 Å². The lowest BCUT2D eigenvalue weighted by atomic mass is 10.0. The molecule has 0 aliphatic carbocycles. The molecule has 0 unspecified atom stereocenters. The molecule has 2 N–H and O–H groups in total. The molecule has 0 saturated carbocycles. The van der Waals surface area contributed by atoms with Gasteiger partial charge in [0.1, 0.15) is 9.84 Å². The molecule has 0 fully saturated rings. The van der Waals surface area contributed by atoms with Crippen molar-refractivity contribution < 1.29 is 13.2 Å². The Labute approximate surface area is 135 Å². The zero-order valence-corrected chi connectivity index (χ0v) is 13.6. The first-order valence-electron chi connectivity index (χ1n) is 7.13. The number of hydrogen-bond acceptors (Lipinski definition) is 4. The summed E-state index contributed by atoms with van der Waals surface area (Å²) >= 11 is 0. The number of pyridine rings is 1.